The first-order valence-corrected chi connectivity index (χ1v) is 10.4. The van der Waals surface area contributed by atoms with Crippen molar-refractivity contribution in [2.24, 2.45) is 0 Å². The zero-order chi connectivity index (χ0) is 18.5. The number of rotatable bonds is 2. The van der Waals surface area contributed by atoms with Crippen molar-refractivity contribution >= 4 is 22.2 Å². The van der Waals surface area contributed by atoms with Gasteiger partial charge in [0.25, 0.3) is 0 Å². The van der Waals surface area contributed by atoms with Gasteiger partial charge >= 0.3 is 0 Å². The molecule has 0 unspecified atom stereocenters. The topological polar surface area (TPSA) is 21.1 Å². The fourth-order valence-corrected chi connectivity index (χ4v) is 5.11. The molecule has 0 aliphatic carbocycles. The monoisotopic (exact) mass is 373 g/mol. The molecule has 5 rings (SSSR count). The average molecular weight is 374 g/mol. The minimum atomic E-state index is 1.02. The summed E-state index contributed by atoms with van der Waals surface area (Å²) in [6, 6.07) is 8.97. The molecular weight excluding hydrogens is 350 g/mol. The maximum absolute atomic E-state index is 4.38. The molecule has 1 aliphatic rings. The predicted molar refractivity (Wildman–Crippen MR) is 114 cm³/mol. The highest BCUT2D eigenvalue weighted by atomic mass is 32.1. The van der Waals surface area contributed by atoms with E-state index >= 15 is 0 Å². The molecule has 0 fully saturated rings. The Morgan fingerprint density at radius 1 is 1.07 bits per heavy atom. The van der Waals surface area contributed by atoms with Crippen LogP contribution in [0.3, 0.4) is 0 Å². The van der Waals surface area contributed by atoms with E-state index in [0.29, 0.717) is 0 Å². The quantitative estimate of drug-likeness (QED) is 0.472. The predicted octanol–water partition coefficient (Wildman–Crippen LogP) is 5.36. The molecule has 0 atom stereocenters. The Balaban J connectivity index is 1.81. The number of hydrogen-bond donors (Lipinski definition) is 0. The normalized spacial score (nSPS) is 14.6. The number of hydrogen-bond acceptors (Lipinski definition) is 3. The van der Waals surface area contributed by atoms with Crippen LogP contribution in [0, 0.1) is 13.8 Å². The van der Waals surface area contributed by atoms with Crippen LogP contribution in [0.15, 0.2) is 47.4 Å². The zero-order valence-corrected chi connectivity index (χ0v) is 16.8. The number of thiophene rings is 1. The second kappa shape index (κ2) is 6.32. The number of aromatic nitrogens is 2. The van der Waals surface area contributed by atoms with Crippen molar-refractivity contribution in [3.63, 3.8) is 0 Å². The van der Waals surface area contributed by atoms with Crippen molar-refractivity contribution in [2.75, 3.05) is 13.6 Å². The first kappa shape index (κ1) is 16.7. The van der Waals surface area contributed by atoms with Crippen LogP contribution in [0.1, 0.15) is 22.4 Å². The van der Waals surface area contributed by atoms with Gasteiger partial charge in [0.2, 0.25) is 0 Å². The Morgan fingerprint density at radius 3 is 2.81 bits per heavy atom. The summed E-state index contributed by atoms with van der Waals surface area (Å²) >= 11 is 1.77. The largest absolute Gasteiger partial charge is 0.312 e. The van der Waals surface area contributed by atoms with E-state index in [2.05, 4.69) is 70.4 Å². The third-order valence-electron chi connectivity index (χ3n) is 5.71. The lowest BCUT2D eigenvalue weighted by Crippen LogP contribution is -2.27. The molecule has 0 spiro atoms. The number of pyridine rings is 1. The van der Waals surface area contributed by atoms with Crippen molar-refractivity contribution in [3.05, 3.63) is 69.8 Å². The van der Waals surface area contributed by atoms with Crippen LogP contribution in [-0.2, 0) is 13.0 Å². The molecule has 4 aromatic rings. The van der Waals surface area contributed by atoms with E-state index in [1.807, 2.05) is 12.4 Å². The molecule has 3 aromatic heterocycles. The fourth-order valence-electron chi connectivity index (χ4n) is 4.29. The van der Waals surface area contributed by atoms with Gasteiger partial charge in [-0.25, -0.2) is 0 Å². The van der Waals surface area contributed by atoms with Gasteiger partial charge in [0, 0.05) is 64.9 Å². The molecule has 27 heavy (non-hydrogen) atoms. The summed E-state index contributed by atoms with van der Waals surface area (Å²) in [6.07, 6.45) is 4.95. The molecule has 0 bridgehead atoms. The Kier molecular flexibility index (Phi) is 3.92. The number of nitrogens with zero attached hydrogens (tertiary/aromatic N) is 3. The highest BCUT2D eigenvalue weighted by molar-refractivity contribution is 7.08. The highest BCUT2D eigenvalue weighted by Gasteiger charge is 2.25. The lowest BCUT2D eigenvalue weighted by atomic mass is 10.0. The first-order valence-electron chi connectivity index (χ1n) is 9.42. The zero-order valence-electron chi connectivity index (χ0n) is 16.0. The second-order valence-corrected chi connectivity index (χ2v) is 8.37. The summed E-state index contributed by atoms with van der Waals surface area (Å²) in [5, 5.41) is 5.96. The van der Waals surface area contributed by atoms with Crippen LogP contribution in [0.5, 0.6) is 0 Å². The SMILES string of the molecule is Cc1ccc2c(c1)c1c(n2-c2cscc2-c2cnccc2C)CCN(C)C1. The maximum Gasteiger partial charge on any atom is 0.0644 e. The van der Waals surface area contributed by atoms with Gasteiger partial charge in [-0.05, 0) is 50.2 Å². The van der Waals surface area contributed by atoms with E-state index in [1.54, 1.807) is 11.3 Å². The molecule has 0 amide bonds. The highest BCUT2D eigenvalue weighted by Crippen LogP contribution is 2.39. The average Bonchev–Trinajstić information content (AvgIpc) is 3.24. The van der Waals surface area contributed by atoms with Crippen LogP contribution in [-0.4, -0.2) is 28.0 Å². The van der Waals surface area contributed by atoms with E-state index in [9.17, 15) is 0 Å². The number of benzene rings is 1. The smallest absolute Gasteiger partial charge is 0.0644 e. The van der Waals surface area contributed by atoms with E-state index in [4.69, 9.17) is 0 Å². The van der Waals surface area contributed by atoms with Gasteiger partial charge in [-0.1, -0.05) is 11.6 Å². The van der Waals surface area contributed by atoms with Gasteiger partial charge in [0.05, 0.1) is 11.2 Å². The summed E-state index contributed by atoms with van der Waals surface area (Å²) in [6.45, 7) is 6.48. The summed E-state index contributed by atoms with van der Waals surface area (Å²) < 4.78 is 2.51. The summed E-state index contributed by atoms with van der Waals surface area (Å²) in [4.78, 5) is 6.81. The summed E-state index contributed by atoms with van der Waals surface area (Å²) in [7, 11) is 2.22. The van der Waals surface area contributed by atoms with Gasteiger partial charge in [0.15, 0.2) is 0 Å². The third-order valence-corrected chi connectivity index (χ3v) is 6.44. The number of fused-ring (bicyclic) bond motifs is 3. The number of aryl methyl sites for hydroxylation is 2. The third kappa shape index (κ3) is 2.63. The fraction of sp³-hybridized carbons (Fsp3) is 0.261. The van der Waals surface area contributed by atoms with E-state index in [0.717, 1.165) is 19.5 Å². The lowest BCUT2D eigenvalue weighted by Gasteiger charge is -2.24. The molecule has 0 saturated heterocycles. The molecule has 4 heteroatoms. The Morgan fingerprint density at radius 2 is 1.96 bits per heavy atom. The van der Waals surface area contributed by atoms with E-state index < -0.39 is 0 Å². The second-order valence-electron chi connectivity index (χ2n) is 7.63. The minimum absolute atomic E-state index is 1.02. The van der Waals surface area contributed by atoms with Crippen molar-refractivity contribution in [2.45, 2.75) is 26.8 Å². The van der Waals surface area contributed by atoms with Crippen molar-refractivity contribution in [3.8, 4) is 16.8 Å². The van der Waals surface area contributed by atoms with Crippen LogP contribution in [0.4, 0.5) is 0 Å². The van der Waals surface area contributed by atoms with Crippen LogP contribution in [0.25, 0.3) is 27.7 Å². The summed E-state index contributed by atoms with van der Waals surface area (Å²) in [5.41, 5.74) is 10.7. The van der Waals surface area contributed by atoms with Gasteiger partial charge in [-0.15, -0.1) is 11.3 Å². The van der Waals surface area contributed by atoms with Gasteiger partial charge in [0.1, 0.15) is 0 Å². The van der Waals surface area contributed by atoms with Crippen LogP contribution < -0.4 is 0 Å². The molecular formula is C23H23N3S. The van der Waals surface area contributed by atoms with Crippen molar-refractivity contribution in [1.82, 2.24) is 14.5 Å². The van der Waals surface area contributed by atoms with Crippen LogP contribution >= 0.6 is 11.3 Å². The maximum atomic E-state index is 4.38. The molecule has 136 valence electrons. The van der Waals surface area contributed by atoms with Crippen LogP contribution in [0.2, 0.25) is 0 Å². The number of likely N-dealkylation sites (N-methyl/N-ethyl adjacent to an activating group) is 1. The molecule has 3 nitrogen and oxygen atoms in total. The first-order chi connectivity index (χ1) is 13.1. The van der Waals surface area contributed by atoms with Crippen molar-refractivity contribution < 1.29 is 0 Å². The van der Waals surface area contributed by atoms with Gasteiger partial charge in [-0.2, -0.15) is 0 Å². The Labute approximate surface area is 163 Å². The lowest BCUT2D eigenvalue weighted by molar-refractivity contribution is 0.311. The molecule has 0 saturated carbocycles. The van der Waals surface area contributed by atoms with Gasteiger partial charge < -0.3 is 9.47 Å². The van der Waals surface area contributed by atoms with E-state index in [-0.39, 0.29) is 0 Å². The Hall–Kier alpha value is -2.43. The molecule has 1 aliphatic heterocycles. The molecule has 4 heterocycles. The molecule has 1 aromatic carbocycles. The van der Waals surface area contributed by atoms with E-state index in [1.165, 1.54) is 50.1 Å². The Bertz CT molecular complexity index is 1150. The summed E-state index contributed by atoms with van der Waals surface area (Å²) in [5.74, 6) is 0. The standard InChI is InChI=1S/C23H23N3S/c1-15-4-5-21-17(10-15)19-12-25(3)9-7-22(19)26(21)23-14-27-13-20(23)18-11-24-8-6-16(18)2/h4-6,8,10-11,13-14H,7,9,12H2,1-3H3. The molecule has 0 radical (unpaired) electrons. The van der Waals surface area contributed by atoms with Crippen molar-refractivity contribution in [1.29, 1.82) is 0 Å². The van der Waals surface area contributed by atoms with Gasteiger partial charge in [-0.3, -0.25) is 4.98 Å². The molecule has 0 N–H and O–H groups in total. The minimum Gasteiger partial charge on any atom is -0.312 e.